The van der Waals surface area contributed by atoms with E-state index < -0.39 is 6.10 Å². The number of hydrogen-bond acceptors (Lipinski definition) is 5. The van der Waals surface area contributed by atoms with E-state index in [2.05, 4.69) is 92.5 Å². The molecule has 0 radical (unpaired) electrons. The number of esters is 1. The van der Waals surface area contributed by atoms with E-state index in [0.29, 0.717) is 32.2 Å². The Morgan fingerprint density at radius 2 is 1.54 bits per heavy atom. The van der Waals surface area contributed by atoms with Crippen LogP contribution in [0, 0.1) is 0 Å². The molecule has 1 aliphatic rings. The molecule has 0 aliphatic heterocycles. The van der Waals surface area contributed by atoms with Crippen molar-refractivity contribution in [2.45, 2.75) is 71.4 Å². The van der Waals surface area contributed by atoms with E-state index >= 15 is 0 Å². The van der Waals surface area contributed by atoms with Gasteiger partial charge in [0.05, 0.1) is 12.6 Å². The lowest BCUT2D eigenvalue weighted by molar-refractivity contribution is -0.156. The van der Waals surface area contributed by atoms with Crippen molar-refractivity contribution in [1.29, 1.82) is 0 Å². The van der Waals surface area contributed by atoms with Crippen molar-refractivity contribution in [3.63, 3.8) is 0 Å². The summed E-state index contributed by atoms with van der Waals surface area (Å²) in [5.41, 5.74) is 10.8. The number of fused-ring (bicyclic) bond motifs is 2. The summed E-state index contributed by atoms with van der Waals surface area (Å²) in [4.78, 5) is 14.7. The summed E-state index contributed by atoms with van der Waals surface area (Å²) in [5, 5.41) is 0. The van der Waals surface area contributed by atoms with Crippen LogP contribution in [0.3, 0.4) is 0 Å². The van der Waals surface area contributed by atoms with Crippen LogP contribution in [-0.2, 0) is 40.0 Å². The molecule has 0 saturated carbocycles. The lowest BCUT2D eigenvalue weighted by Crippen LogP contribution is -2.30. The SMILES string of the molecule is CCOC(=O)C(Cc1ccc(OCCN(C)C2c3ccc(CC)cc3CCc3ccc(C(C)c4ccccc4)cc32)cc1)OCC. The van der Waals surface area contributed by atoms with Crippen molar-refractivity contribution in [1.82, 2.24) is 4.90 Å². The smallest absolute Gasteiger partial charge is 0.335 e. The van der Waals surface area contributed by atoms with Gasteiger partial charge < -0.3 is 14.2 Å². The van der Waals surface area contributed by atoms with E-state index in [0.717, 1.165) is 37.1 Å². The van der Waals surface area contributed by atoms with Crippen LogP contribution in [0.5, 0.6) is 5.75 Å². The van der Waals surface area contributed by atoms with Gasteiger partial charge in [-0.25, -0.2) is 4.79 Å². The Morgan fingerprint density at radius 1 is 0.804 bits per heavy atom. The fourth-order valence-corrected chi connectivity index (χ4v) is 6.59. The van der Waals surface area contributed by atoms with Crippen LogP contribution < -0.4 is 4.74 Å². The molecular formula is C41H49NO4. The van der Waals surface area contributed by atoms with Crippen LogP contribution >= 0.6 is 0 Å². The minimum atomic E-state index is -0.597. The molecule has 0 saturated heterocycles. The van der Waals surface area contributed by atoms with E-state index in [9.17, 15) is 4.79 Å². The summed E-state index contributed by atoms with van der Waals surface area (Å²) < 4.78 is 17.1. The molecule has 0 spiro atoms. The van der Waals surface area contributed by atoms with Gasteiger partial charge in [-0.15, -0.1) is 0 Å². The summed E-state index contributed by atoms with van der Waals surface area (Å²) in [6, 6.07) is 33.1. The largest absolute Gasteiger partial charge is 0.492 e. The van der Waals surface area contributed by atoms with Crippen molar-refractivity contribution in [3.05, 3.63) is 136 Å². The predicted octanol–water partition coefficient (Wildman–Crippen LogP) is 8.11. The van der Waals surface area contributed by atoms with Crippen LogP contribution in [0.25, 0.3) is 0 Å². The topological polar surface area (TPSA) is 48.0 Å². The van der Waals surface area contributed by atoms with Crippen molar-refractivity contribution in [3.8, 4) is 5.75 Å². The van der Waals surface area contributed by atoms with E-state index in [1.165, 1.54) is 38.9 Å². The fraction of sp³-hybridized carbons (Fsp3) is 0.390. The molecule has 46 heavy (non-hydrogen) atoms. The lowest BCUT2D eigenvalue weighted by atomic mass is 9.87. The molecule has 0 bridgehead atoms. The highest BCUT2D eigenvalue weighted by molar-refractivity contribution is 5.75. The number of ether oxygens (including phenoxy) is 3. The summed E-state index contributed by atoms with van der Waals surface area (Å²) in [7, 11) is 2.22. The van der Waals surface area contributed by atoms with Crippen molar-refractivity contribution in [2.24, 2.45) is 0 Å². The zero-order valence-corrected chi connectivity index (χ0v) is 28.1. The highest BCUT2D eigenvalue weighted by atomic mass is 16.6. The first-order chi connectivity index (χ1) is 22.4. The van der Waals surface area contributed by atoms with Crippen molar-refractivity contribution in [2.75, 3.05) is 33.4 Å². The zero-order chi connectivity index (χ0) is 32.5. The summed E-state index contributed by atoms with van der Waals surface area (Å²) in [6.45, 7) is 10.4. The second-order valence-electron chi connectivity index (χ2n) is 12.3. The Morgan fingerprint density at radius 3 is 2.26 bits per heavy atom. The molecule has 3 unspecified atom stereocenters. The van der Waals surface area contributed by atoms with Crippen LogP contribution in [0.15, 0.2) is 91.0 Å². The molecule has 1 aliphatic carbocycles. The molecule has 0 N–H and O–H groups in total. The minimum absolute atomic E-state index is 0.144. The molecule has 5 rings (SSSR count). The maximum atomic E-state index is 12.3. The molecule has 0 heterocycles. The van der Waals surface area contributed by atoms with E-state index in [1.807, 2.05) is 38.1 Å². The fourth-order valence-electron chi connectivity index (χ4n) is 6.59. The van der Waals surface area contributed by atoms with Gasteiger partial charge in [-0.2, -0.15) is 0 Å². The van der Waals surface area contributed by atoms with Gasteiger partial charge in [-0.3, -0.25) is 4.90 Å². The van der Waals surface area contributed by atoms with E-state index in [1.54, 1.807) is 0 Å². The minimum Gasteiger partial charge on any atom is -0.492 e. The van der Waals surface area contributed by atoms with Gasteiger partial charge in [-0.05, 0) is 96.8 Å². The van der Waals surface area contributed by atoms with Gasteiger partial charge in [-0.1, -0.05) is 92.7 Å². The number of nitrogens with zero attached hydrogens (tertiary/aromatic N) is 1. The van der Waals surface area contributed by atoms with Gasteiger partial charge in [0.2, 0.25) is 0 Å². The highest BCUT2D eigenvalue weighted by Gasteiger charge is 2.28. The Bertz CT molecular complexity index is 1570. The third kappa shape index (κ3) is 8.07. The molecule has 5 heteroatoms. The maximum Gasteiger partial charge on any atom is 0.335 e. The molecule has 3 atom stereocenters. The number of aryl methyl sites for hydroxylation is 3. The number of likely N-dealkylation sites (N-methyl/N-ethyl adjacent to an activating group) is 1. The summed E-state index contributed by atoms with van der Waals surface area (Å²) >= 11 is 0. The van der Waals surface area contributed by atoms with Crippen molar-refractivity contribution >= 4 is 5.97 Å². The molecule has 0 aromatic heterocycles. The Hall–Kier alpha value is -3.93. The molecule has 0 fully saturated rings. The van der Waals surface area contributed by atoms with Gasteiger partial charge >= 0.3 is 5.97 Å². The number of rotatable bonds is 14. The van der Waals surface area contributed by atoms with Gasteiger partial charge in [0.1, 0.15) is 12.4 Å². The van der Waals surface area contributed by atoms with Crippen LogP contribution in [-0.4, -0.2) is 50.4 Å². The first-order valence-corrected chi connectivity index (χ1v) is 16.9. The maximum absolute atomic E-state index is 12.3. The number of carbonyl (C=O) groups is 1. The van der Waals surface area contributed by atoms with Gasteiger partial charge in [0.25, 0.3) is 0 Å². The lowest BCUT2D eigenvalue weighted by Gasteiger charge is -2.31. The van der Waals surface area contributed by atoms with Crippen LogP contribution in [0.1, 0.15) is 84.2 Å². The molecular weight excluding hydrogens is 570 g/mol. The predicted molar refractivity (Wildman–Crippen MR) is 186 cm³/mol. The highest BCUT2D eigenvalue weighted by Crippen LogP contribution is 2.39. The number of carbonyl (C=O) groups excluding carboxylic acids is 1. The zero-order valence-electron chi connectivity index (χ0n) is 28.1. The van der Waals surface area contributed by atoms with Gasteiger partial charge in [0, 0.05) is 25.5 Å². The first kappa shape index (κ1) is 33.4. The second-order valence-corrected chi connectivity index (χ2v) is 12.3. The Labute approximate surface area is 275 Å². The first-order valence-electron chi connectivity index (χ1n) is 16.9. The van der Waals surface area contributed by atoms with E-state index in [-0.39, 0.29) is 12.0 Å². The molecule has 242 valence electrons. The monoisotopic (exact) mass is 619 g/mol. The van der Waals surface area contributed by atoms with Crippen molar-refractivity contribution < 1.29 is 19.0 Å². The Balaban J connectivity index is 1.33. The molecule has 5 nitrogen and oxygen atoms in total. The quantitative estimate of drug-likeness (QED) is 0.134. The third-order valence-electron chi connectivity index (χ3n) is 9.25. The second kappa shape index (κ2) is 16.1. The molecule has 4 aromatic carbocycles. The summed E-state index contributed by atoms with van der Waals surface area (Å²) in [5.74, 6) is 0.812. The summed E-state index contributed by atoms with van der Waals surface area (Å²) in [6.07, 6.45) is 3.02. The molecule has 0 amide bonds. The number of benzene rings is 4. The standard InChI is InChI=1S/C41H49NO4/c1-6-30-16-23-37-35(26-30)20-18-33-17-19-34(29(4)32-12-10-9-11-13-32)28-38(33)40(37)42(5)24-25-46-36-21-14-31(15-22-36)27-39(44-7-2)41(43)45-8-3/h9-17,19,21-23,26,28-29,39-40H,6-8,18,20,24-25,27H2,1-5H3. The number of hydrogen-bond donors (Lipinski definition) is 0. The van der Waals surface area contributed by atoms with Crippen LogP contribution in [0.2, 0.25) is 0 Å². The average Bonchev–Trinajstić information content (AvgIpc) is 3.25. The van der Waals surface area contributed by atoms with Crippen LogP contribution in [0.4, 0.5) is 0 Å². The normalized spacial score (nSPS) is 15.4. The third-order valence-corrected chi connectivity index (χ3v) is 9.25. The molecule has 4 aromatic rings. The average molecular weight is 620 g/mol. The van der Waals surface area contributed by atoms with Gasteiger partial charge in [0.15, 0.2) is 6.10 Å². The van der Waals surface area contributed by atoms with E-state index in [4.69, 9.17) is 14.2 Å². The Kier molecular flexibility index (Phi) is 11.7.